The molecule has 0 spiro atoms. The molecule has 1 saturated heterocycles. The van der Waals surface area contributed by atoms with Gasteiger partial charge in [-0.25, -0.2) is 4.39 Å². The summed E-state index contributed by atoms with van der Waals surface area (Å²) in [5, 5.41) is 11.1. The van der Waals surface area contributed by atoms with E-state index in [4.69, 9.17) is 14.2 Å². The number of rotatable bonds is 8. The number of Topliss-reactive ketones (excluding diaryl/α,β-unsaturated/α-hetero) is 1. The number of hydrogen-bond donors (Lipinski definition) is 1. The van der Waals surface area contributed by atoms with Crippen molar-refractivity contribution in [2.24, 2.45) is 0 Å². The van der Waals surface area contributed by atoms with Crippen LogP contribution in [0.1, 0.15) is 22.7 Å². The molecule has 0 unspecified atom stereocenters. The van der Waals surface area contributed by atoms with Crippen molar-refractivity contribution in [3.63, 3.8) is 0 Å². The molecule has 0 aromatic heterocycles. The quantitative estimate of drug-likeness (QED) is 0.283. The van der Waals surface area contributed by atoms with Crippen LogP contribution in [0.15, 0.2) is 72.3 Å². The van der Waals surface area contributed by atoms with Crippen LogP contribution in [0, 0.1) is 5.82 Å². The van der Waals surface area contributed by atoms with Gasteiger partial charge in [0.1, 0.15) is 17.3 Å². The van der Waals surface area contributed by atoms with Gasteiger partial charge in [0.25, 0.3) is 11.7 Å². The van der Waals surface area contributed by atoms with Crippen LogP contribution < -0.4 is 14.2 Å². The molecule has 36 heavy (non-hydrogen) atoms. The molecular weight excluding hydrogens is 465 g/mol. The van der Waals surface area contributed by atoms with E-state index >= 15 is 0 Å². The molecule has 8 heteroatoms. The summed E-state index contributed by atoms with van der Waals surface area (Å²) in [7, 11) is 4.58. The van der Waals surface area contributed by atoms with Gasteiger partial charge in [-0.05, 0) is 54.4 Å². The molecule has 3 aromatic rings. The van der Waals surface area contributed by atoms with Crippen molar-refractivity contribution in [2.45, 2.75) is 12.5 Å². The average Bonchev–Trinajstić information content (AvgIpc) is 3.16. The van der Waals surface area contributed by atoms with E-state index in [0.717, 1.165) is 5.56 Å². The number of methoxy groups -OCH3 is 3. The van der Waals surface area contributed by atoms with Crippen molar-refractivity contribution in [3.05, 3.63) is 94.8 Å². The molecule has 0 radical (unpaired) electrons. The molecule has 0 aliphatic carbocycles. The summed E-state index contributed by atoms with van der Waals surface area (Å²) in [6.45, 7) is 0.184. The number of carbonyl (C=O) groups excluding carboxylic acids is 2. The summed E-state index contributed by atoms with van der Waals surface area (Å²) in [6.07, 6.45) is 0.412. The van der Waals surface area contributed by atoms with Gasteiger partial charge in [0.05, 0.1) is 32.9 Å². The van der Waals surface area contributed by atoms with Crippen molar-refractivity contribution < 1.29 is 33.3 Å². The third-order valence-electron chi connectivity index (χ3n) is 6.18. The standard InChI is InChI=1S/C28H26FNO6/c1-34-21-7-5-4-6-20(21)25-24(26(31)18-9-11-19(29)12-10-18)27(32)28(33)30(25)15-14-17-8-13-22(35-2)23(16-17)36-3/h4-13,16,25,31H,14-15H2,1-3H3/t25-/m0/s1. The molecule has 1 aliphatic rings. The number of halogens is 1. The lowest BCUT2D eigenvalue weighted by Gasteiger charge is -2.26. The van der Waals surface area contributed by atoms with Crippen LogP contribution in [-0.4, -0.2) is 49.6 Å². The maximum atomic E-state index is 13.5. The number of benzene rings is 3. The maximum absolute atomic E-state index is 13.5. The molecule has 1 amide bonds. The molecule has 0 saturated carbocycles. The predicted molar refractivity (Wildman–Crippen MR) is 132 cm³/mol. The highest BCUT2D eigenvalue weighted by Gasteiger charge is 2.46. The van der Waals surface area contributed by atoms with E-state index < -0.39 is 23.5 Å². The Hall–Kier alpha value is -4.33. The van der Waals surface area contributed by atoms with E-state index in [0.29, 0.717) is 29.2 Å². The van der Waals surface area contributed by atoms with Crippen LogP contribution in [0.3, 0.4) is 0 Å². The fourth-order valence-electron chi connectivity index (χ4n) is 4.38. The SMILES string of the molecule is COc1ccc(CCN2C(=O)C(=O)C(=C(O)c3ccc(F)cc3)[C@@H]2c2ccccc2OC)cc1OC. The molecular formula is C28H26FNO6. The van der Waals surface area contributed by atoms with Gasteiger partial charge in [-0.15, -0.1) is 0 Å². The fourth-order valence-corrected chi connectivity index (χ4v) is 4.38. The average molecular weight is 492 g/mol. The van der Waals surface area contributed by atoms with E-state index in [9.17, 15) is 19.1 Å². The minimum Gasteiger partial charge on any atom is -0.507 e. The largest absolute Gasteiger partial charge is 0.507 e. The Morgan fingerprint density at radius 2 is 1.56 bits per heavy atom. The monoisotopic (exact) mass is 491 g/mol. The maximum Gasteiger partial charge on any atom is 0.295 e. The highest BCUT2D eigenvalue weighted by atomic mass is 19.1. The van der Waals surface area contributed by atoms with Crippen molar-refractivity contribution in [1.82, 2.24) is 4.90 Å². The minimum absolute atomic E-state index is 0.0802. The van der Waals surface area contributed by atoms with E-state index in [1.54, 1.807) is 37.4 Å². The van der Waals surface area contributed by atoms with Crippen molar-refractivity contribution >= 4 is 17.4 Å². The van der Waals surface area contributed by atoms with Gasteiger partial charge in [0.15, 0.2) is 11.5 Å². The Labute approximate surface area is 208 Å². The number of aliphatic hydroxyl groups is 1. The van der Waals surface area contributed by atoms with Crippen LogP contribution in [0.5, 0.6) is 17.2 Å². The zero-order valence-corrected chi connectivity index (χ0v) is 20.2. The number of para-hydroxylation sites is 1. The van der Waals surface area contributed by atoms with E-state index in [-0.39, 0.29) is 23.4 Å². The number of hydrogen-bond acceptors (Lipinski definition) is 6. The number of carbonyl (C=O) groups is 2. The Morgan fingerprint density at radius 3 is 2.22 bits per heavy atom. The number of nitrogens with zero attached hydrogens (tertiary/aromatic N) is 1. The van der Waals surface area contributed by atoms with Gasteiger partial charge in [0, 0.05) is 17.7 Å². The number of likely N-dealkylation sites (tertiary alicyclic amines) is 1. The lowest BCUT2D eigenvalue weighted by Crippen LogP contribution is -2.31. The smallest absolute Gasteiger partial charge is 0.295 e. The Morgan fingerprint density at radius 1 is 0.889 bits per heavy atom. The van der Waals surface area contributed by atoms with Crippen LogP contribution in [-0.2, 0) is 16.0 Å². The topological polar surface area (TPSA) is 85.3 Å². The summed E-state index contributed by atoms with van der Waals surface area (Å²) in [6, 6.07) is 16.6. The Balaban J connectivity index is 1.77. The van der Waals surface area contributed by atoms with E-state index in [1.807, 2.05) is 12.1 Å². The van der Waals surface area contributed by atoms with Gasteiger partial charge in [-0.1, -0.05) is 24.3 Å². The third-order valence-corrected chi connectivity index (χ3v) is 6.18. The Bertz CT molecular complexity index is 1320. The molecule has 1 fully saturated rings. The second kappa shape index (κ2) is 10.5. The van der Waals surface area contributed by atoms with Crippen molar-refractivity contribution in [3.8, 4) is 17.2 Å². The van der Waals surface area contributed by atoms with Crippen molar-refractivity contribution in [1.29, 1.82) is 0 Å². The van der Waals surface area contributed by atoms with Gasteiger partial charge < -0.3 is 24.2 Å². The molecule has 1 aliphatic heterocycles. The summed E-state index contributed by atoms with van der Waals surface area (Å²) in [4.78, 5) is 27.9. The lowest BCUT2D eigenvalue weighted by atomic mass is 9.94. The Kier molecular flexibility index (Phi) is 7.24. The molecule has 7 nitrogen and oxygen atoms in total. The first-order valence-corrected chi connectivity index (χ1v) is 11.3. The minimum atomic E-state index is -0.897. The van der Waals surface area contributed by atoms with E-state index in [1.165, 1.54) is 43.4 Å². The molecule has 0 bridgehead atoms. The summed E-state index contributed by atoms with van der Waals surface area (Å²) < 4.78 is 29.6. The van der Waals surface area contributed by atoms with Gasteiger partial charge >= 0.3 is 0 Å². The first-order valence-electron chi connectivity index (χ1n) is 11.3. The van der Waals surface area contributed by atoms with Gasteiger partial charge in [-0.3, -0.25) is 9.59 Å². The first kappa shape index (κ1) is 24.8. The highest BCUT2D eigenvalue weighted by Crippen LogP contribution is 2.42. The van der Waals surface area contributed by atoms with Gasteiger partial charge in [0.2, 0.25) is 0 Å². The second-order valence-electron chi connectivity index (χ2n) is 8.18. The molecule has 186 valence electrons. The molecule has 1 atom stereocenters. The van der Waals surface area contributed by atoms with Crippen LogP contribution in [0.4, 0.5) is 4.39 Å². The second-order valence-corrected chi connectivity index (χ2v) is 8.18. The number of ketones is 1. The fraction of sp³-hybridized carbons (Fsp3) is 0.214. The van der Waals surface area contributed by atoms with Crippen LogP contribution >= 0.6 is 0 Å². The predicted octanol–water partition coefficient (Wildman–Crippen LogP) is 4.52. The van der Waals surface area contributed by atoms with Crippen molar-refractivity contribution in [2.75, 3.05) is 27.9 Å². The molecule has 1 heterocycles. The zero-order chi connectivity index (χ0) is 25.8. The summed E-state index contributed by atoms with van der Waals surface area (Å²) in [5.41, 5.74) is 1.57. The normalized spacial score (nSPS) is 16.8. The van der Waals surface area contributed by atoms with Crippen LogP contribution in [0.25, 0.3) is 5.76 Å². The number of amides is 1. The number of ether oxygens (including phenoxy) is 3. The lowest BCUT2D eigenvalue weighted by molar-refractivity contribution is -0.139. The molecule has 1 N–H and O–H groups in total. The summed E-state index contributed by atoms with van der Waals surface area (Å²) in [5.74, 6) is -0.827. The molecule has 3 aromatic carbocycles. The van der Waals surface area contributed by atoms with Gasteiger partial charge in [-0.2, -0.15) is 0 Å². The third kappa shape index (κ3) is 4.62. The summed E-state index contributed by atoms with van der Waals surface area (Å²) >= 11 is 0. The van der Waals surface area contributed by atoms with Crippen LogP contribution in [0.2, 0.25) is 0 Å². The number of aliphatic hydroxyl groups excluding tert-OH is 1. The molecule has 4 rings (SSSR count). The zero-order valence-electron chi connectivity index (χ0n) is 20.2. The highest BCUT2D eigenvalue weighted by molar-refractivity contribution is 6.46. The van der Waals surface area contributed by atoms with E-state index in [2.05, 4.69) is 0 Å². The first-order chi connectivity index (χ1) is 17.4.